The van der Waals surface area contributed by atoms with E-state index in [0.717, 1.165) is 22.3 Å². The largest absolute Gasteiger partial charge is 0.497 e. The van der Waals surface area contributed by atoms with Crippen molar-refractivity contribution in [3.05, 3.63) is 35.3 Å². The Morgan fingerprint density at radius 2 is 2.37 bits per heavy atom. The maximum Gasteiger partial charge on any atom is 0.303 e. The van der Waals surface area contributed by atoms with Crippen LogP contribution in [0.4, 0.5) is 10.8 Å². The normalized spacial score (nSPS) is 10.2. The molecule has 0 saturated carbocycles. The summed E-state index contributed by atoms with van der Waals surface area (Å²) in [6.07, 6.45) is 0.550. The summed E-state index contributed by atoms with van der Waals surface area (Å²) in [7, 11) is 1.62. The number of carboxylic acids is 1. The van der Waals surface area contributed by atoms with E-state index in [-0.39, 0.29) is 6.42 Å². The number of carbonyl (C=O) groups is 1. The molecule has 2 aromatic rings. The summed E-state index contributed by atoms with van der Waals surface area (Å²) in [5.41, 5.74) is 1.68. The van der Waals surface area contributed by atoms with Crippen LogP contribution in [0.1, 0.15) is 12.1 Å². The van der Waals surface area contributed by atoms with E-state index in [4.69, 9.17) is 9.84 Å². The van der Waals surface area contributed by atoms with E-state index < -0.39 is 5.97 Å². The van der Waals surface area contributed by atoms with Crippen molar-refractivity contribution in [2.24, 2.45) is 0 Å². The molecule has 1 aromatic heterocycles. The van der Waals surface area contributed by atoms with Crippen LogP contribution in [0.5, 0.6) is 5.75 Å². The summed E-state index contributed by atoms with van der Waals surface area (Å²) in [5.74, 6) is -0.0389. The molecule has 0 aliphatic rings. The Morgan fingerprint density at radius 3 is 3.11 bits per heavy atom. The van der Waals surface area contributed by atoms with Gasteiger partial charge < -0.3 is 15.2 Å². The molecule has 1 heterocycles. The predicted octanol–water partition coefficient (Wildman–Crippen LogP) is 2.91. The maximum atomic E-state index is 10.5. The lowest BCUT2D eigenvalue weighted by atomic mass is 10.2. The molecule has 5 nitrogen and oxygen atoms in total. The molecule has 100 valence electrons. The molecule has 0 aliphatic carbocycles. The van der Waals surface area contributed by atoms with Gasteiger partial charge in [0, 0.05) is 23.6 Å². The SMILES string of the molecule is COc1cccc(Nc2nc(CCC(=O)O)cs2)c1. The quantitative estimate of drug-likeness (QED) is 0.850. The molecule has 1 aromatic carbocycles. The highest BCUT2D eigenvalue weighted by Crippen LogP contribution is 2.24. The first kappa shape index (κ1) is 13.4. The second kappa shape index (κ2) is 6.19. The number of aryl methyl sites for hydroxylation is 1. The zero-order valence-corrected chi connectivity index (χ0v) is 11.2. The molecule has 0 fully saturated rings. The van der Waals surface area contributed by atoms with Crippen LogP contribution in [0.25, 0.3) is 0 Å². The van der Waals surface area contributed by atoms with Gasteiger partial charge in [-0.15, -0.1) is 11.3 Å². The first-order valence-corrected chi connectivity index (χ1v) is 6.62. The van der Waals surface area contributed by atoms with Gasteiger partial charge in [-0.1, -0.05) is 6.07 Å². The van der Waals surface area contributed by atoms with Crippen LogP contribution in [0.2, 0.25) is 0 Å². The summed E-state index contributed by atoms with van der Waals surface area (Å²) in [6.45, 7) is 0. The summed E-state index contributed by atoms with van der Waals surface area (Å²) >= 11 is 1.45. The van der Waals surface area contributed by atoms with Gasteiger partial charge >= 0.3 is 5.97 Å². The fourth-order valence-corrected chi connectivity index (χ4v) is 2.30. The molecule has 0 aliphatic heterocycles. The number of nitrogens with zero attached hydrogens (tertiary/aromatic N) is 1. The van der Waals surface area contributed by atoms with Gasteiger partial charge in [0.1, 0.15) is 5.75 Å². The van der Waals surface area contributed by atoms with Crippen molar-refractivity contribution in [1.29, 1.82) is 0 Å². The van der Waals surface area contributed by atoms with Gasteiger partial charge in [-0.3, -0.25) is 4.79 Å². The van der Waals surface area contributed by atoms with Crippen LogP contribution in [0, 0.1) is 0 Å². The molecule has 6 heteroatoms. The van der Waals surface area contributed by atoms with Gasteiger partial charge in [-0.2, -0.15) is 0 Å². The van der Waals surface area contributed by atoms with Crippen molar-refractivity contribution in [2.45, 2.75) is 12.8 Å². The fourth-order valence-electron chi connectivity index (χ4n) is 1.54. The van der Waals surface area contributed by atoms with Gasteiger partial charge in [0.05, 0.1) is 19.2 Å². The first-order chi connectivity index (χ1) is 9.17. The minimum Gasteiger partial charge on any atom is -0.497 e. The third-order valence-electron chi connectivity index (χ3n) is 2.47. The summed E-state index contributed by atoms with van der Waals surface area (Å²) in [6, 6.07) is 7.55. The fraction of sp³-hybridized carbons (Fsp3) is 0.231. The van der Waals surface area contributed by atoms with Crippen LogP contribution in [-0.2, 0) is 11.2 Å². The third-order valence-corrected chi connectivity index (χ3v) is 3.27. The average molecular weight is 278 g/mol. The second-order valence-electron chi connectivity index (χ2n) is 3.89. The Bertz CT molecular complexity index is 569. The Kier molecular flexibility index (Phi) is 4.35. The van der Waals surface area contributed by atoms with Crippen molar-refractivity contribution in [1.82, 2.24) is 4.98 Å². The number of anilines is 2. The number of aromatic nitrogens is 1. The van der Waals surface area contributed by atoms with E-state index in [1.54, 1.807) is 7.11 Å². The summed E-state index contributed by atoms with van der Waals surface area (Å²) in [5, 5.41) is 14.4. The van der Waals surface area contributed by atoms with Crippen LogP contribution in [0.15, 0.2) is 29.6 Å². The van der Waals surface area contributed by atoms with E-state index in [2.05, 4.69) is 10.3 Å². The highest BCUT2D eigenvalue weighted by atomic mass is 32.1. The van der Waals surface area contributed by atoms with Crippen LogP contribution in [0.3, 0.4) is 0 Å². The number of rotatable bonds is 6. The Morgan fingerprint density at radius 1 is 1.53 bits per heavy atom. The smallest absolute Gasteiger partial charge is 0.303 e. The minimum absolute atomic E-state index is 0.0995. The zero-order valence-electron chi connectivity index (χ0n) is 10.4. The van der Waals surface area contributed by atoms with Gasteiger partial charge in [0.25, 0.3) is 0 Å². The number of thiazole rings is 1. The van der Waals surface area contributed by atoms with E-state index in [9.17, 15) is 4.79 Å². The van der Waals surface area contributed by atoms with Gasteiger partial charge in [0.15, 0.2) is 5.13 Å². The number of benzene rings is 1. The second-order valence-corrected chi connectivity index (χ2v) is 4.75. The average Bonchev–Trinajstić information content (AvgIpc) is 2.84. The Balaban J connectivity index is 2.00. The molecule has 0 unspecified atom stereocenters. The molecule has 0 radical (unpaired) electrons. The Labute approximate surface area is 114 Å². The van der Waals surface area contributed by atoms with Crippen LogP contribution >= 0.6 is 11.3 Å². The highest BCUT2D eigenvalue weighted by molar-refractivity contribution is 7.13. The highest BCUT2D eigenvalue weighted by Gasteiger charge is 2.05. The number of nitrogens with one attached hydrogen (secondary N) is 1. The van der Waals surface area contributed by atoms with Gasteiger partial charge in [-0.25, -0.2) is 4.98 Å². The molecular weight excluding hydrogens is 264 g/mol. The monoisotopic (exact) mass is 278 g/mol. The number of aliphatic carboxylic acids is 1. The minimum atomic E-state index is -0.810. The first-order valence-electron chi connectivity index (χ1n) is 5.74. The van der Waals surface area contributed by atoms with E-state index in [1.807, 2.05) is 29.6 Å². The molecule has 2 rings (SSSR count). The lowest BCUT2D eigenvalue weighted by Gasteiger charge is -2.04. The number of hydrogen-bond donors (Lipinski definition) is 2. The molecule has 0 atom stereocenters. The molecule has 0 saturated heterocycles. The van der Waals surface area contributed by atoms with Crippen molar-refractivity contribution in [3.63, 3.8) is 0 Å². The number of hydrogen-bond acceptors (Lipinski definition) is 5. The lowest BCUT2D eigenvalue weighted by molar-refractivity contribution is -0.136. The molecule has 0 amide bonds. The maximum absolute atomic E-state index is 10.5. The van der Waals surface area contributed by atoms with Gasteiger partial charge in [0.2, 0.25) is 0 Å². The van der Waals surface area contributed by atoms with Crippen molar-refractivity contribution in [3.8, 4) is 5.75 Å². The van der Waals surface area contributed by atoms with Crippen LogP contribution < -0.4 is 10.1 Å². The predicted molar refractivity (Wildman–Crippen MR) is 74.3 cm³/mol. The summed E-state index contributed by atoms with van der Waals surface area (Å²) in [4.78, 5) is 14.8. The topological polar surface area (TPSA) is 71.5 Å². The molecule has 0 spiro atoms. The van der Waals surface area contributed by atoms with Gasteiger partial charge in [-0.05, 0) is 12.1 Å². The van der Waals surface area contributed by atoms with E-state index in [1.165, 1.54) is 11.3 Å². The van der Waals surface area contributed by atoms with Crippen molar-refractivity contribution < 1.29 is 14.6 Å². The standard InChI is InChI=1S/C13H14N2O3S/c1-18-11-4-2-3-9(7-11)14-13-15-10(8-19-13)5-6-12(16)17/h2-4,7-8H,5-6H2,1H3,(H,14,15)(H,16,17). The zero-order chi connectivity index (χ0) is 13.7. The molecule has 0 bridgehead atoms. The third kappa shape index (κ3) is 3.96. The number of methoxy groups -OCH3 is 1. The van der Waals surface area contributed by atoms with Crippen molar-refractivity contribution in [2.75, 3.05) is 12.4 Å². The Hall–Kier alpha value is -2.08. The van der Waals surface area contributed by atoms with E-state index in [0.29, 0.717) is 6.42 Å². The number of ether oxygens (including phenoxy) is 1. The van der Waals surface area contributed by atoms with Crippen molar-refractivity contribution >= 4 is 28.1 Å². The summed E-state index contributed by atoms with van der Waals surface area (Å²) < 4.78 is 5.14. The lowest BCUT2D eigenvalue weighted by Crippen LogP contribution is -1.98. The van der Waals surface area contributed by atoms with E-state index >= 15 is 0 Å². The van der Waals surface area contributed by atoms with Crippen LogP contribution in [-0.4, -0.2) is 23.2 Å². The molecular formula is C13H14N2O3S. The molecule has 19 heavy (non-hydrogen) atoms. The molecule has 2 N–H and O–H groups in total. The number of carboxylic acid groups (broad SMARTS) is 1.